The van der Waals surface area contributed by atoms with Crippen LogP contribution in [0.2, 0.25) is 0 Å². The molecule has 0 aliphatic rings. The molecule has 2 nitrogen and oxygen atoms in total. The zero-order chi connectivity index (χ0) is 17.1. The first-order valence-corrected chi connectivity index (χ1v) is 8.10. The molecule has 118 valence electrons. The highest BCUT2D eigenvalue weighted by atomic mass is 16.3. The van der Waals surface area contributed by atoms with Crippen LogP contribution in [0.3, 0.4) is 0 Å². The van der Waals surface area contributed by atoms with Gasteiger partial charge in [-0.3, -0.25) is 0 Å². The maximum absolute atomic E-state index is 9.66. The molecule has 0 radical (unpaired) electrons. The van der Waals surface area contributed by atoms with Gasteiger partial charge in [0.25, 0.3) is 0 Å². The number of allylic oxidation sites excluding steroid dienone is 1. The number of hydrogen-bond donors (Lipinski definition) is 0. The van der Waals surface area contributed by atoms with Crippen LogP contribution in [-0.2, 0) is 0 Å². The lowest BCUT2D eigenvalue weighted by molar-refractivity contribution is 0.572. The van der Waals surface area contributed by atoms with Gasteiger partial charge in [-0.2, -0.15) is 5.26 Å². The zero-order valence-corrected chi connectivity index (χ0v) is 13.5. The molecule has 0 saturated carbocycles. The average molecular weight is 321 g/mol. The van der Waals surface area contributed by atoms with Gasteiger partial charge in [-0.05, 0) is 29.0 Å². The maximum Gasteiger partial charge on any atom is 0.134 e. The summed E-state index contributed by atoms with van der Waals surface area (Å²) in [4.78, 5) is 0. The zero-order valence-electron chi connectivity index (χ0n) is 13.5. The highest BCUT2D eigenvalue weighted by molar-refractivity contribution is 6.01. The molecule has 0 spiro atoms. The molecule has 0 aliphatic heterocycles. The summed E-state index contributed by atoms with van der Waals surface area (Å²) in [5, 5.41) is 11.8. The second-order valence-corrected chi connectivity index (χ2v) is 5.76. The number of benzene rings is 3. The molecule has 3 aromatic carbocycles. The standard InChI is InChI=1S/C23H15NO/c24-16-19(22-12-6-10-17-7-4-5-11-21(17)22)15-20-13-14-23(25-20)18-8-2-1-3-9-18/h1-15H/b19-15+. The van der Waals surface area contributed by atoms with Gasteiger partial charge in [0.1, 0.15) is 11.5 Å². The molecule has 25 heavy (non-hydrogen) atoms. The van der Waals surface area contributed by atoms with Crippen LogP contribution in [0.4, 0.5) is 0 Å². The topological polar surface area (TPSA) is 36.9 Å². The van der Waals surface area contributed by atoms with E-state index in [4.69, 9.17) is 4.42 Å². The van der Waals surface area contributed by atoms with Crippen molar-refractivity contribution in [1.29, 1.82) is 5.26 Å². The van der Waals surface area contributed by atoms with Crippen molar-refractivity contribution in [2.75, 3.05) is 0 Å². The van der Waals surface area contributed by atoms with Crippen molar-refractivity contribution in [3.63, 3.8) is 0 Å². The number of hydrogen-bond acceptors (Lipinski definition) is 2. The molecule has 1 aromatic heterocycles. The molecule has 0 bridgehead atoms. The maximum atomic E-state index is 9.66. The third-order valence-corrected chi connectivity index (χ3v) is 4.17. The molecule has 0 fully saturated rings. The van der Waals surface area contributed by atoms with Crippen molar-refractivity contribution in [3.8, 4) is 17.4 Å². The van der Waals surface area contributed by atoms with Gasteiger partial charge < -0.3 is 4.42 Å². The summed E-state index contributed by atoms with van der Waals surface area (Å²) < 4.78 is 5.91. The quantitative estimate of drug-likeness (QED) is 0.423. The van der Waals surface area contributed by atoms with E-state index in [0.717, 1.165) is 27.7 Å². The summed E-state index contributed by atoms with van der Waals surface area (Å²) in [6.07, 6.45) is 1.80. The van der Waals surface area contributed by atoms with Gasteiger partial charge in [-0.1, -0.05) is 72.8 Å². The van der Waals surface area contributed by atoms with Crippen LogP contribution in [0.5, 0.6) is 0 Å². The molecule has 0 saturated heterocycles. The van der Waals surface area contributed by atoms with E-state index >= 15 is 0 Å². The lowest BCUT2D eigenvalue weighted by Gasteiger charge is -2.04. The Morgan fingerprint density at radius 3 is 2.40 bits per heavy atom. The molecule has 4 aromatic rings. The average Bonchev–Trinajstić information content (AvgIpc) is 3.15. The molecule has 0 unspecified atom stereocenters. The highest BCUT2D eigenvalue weighted by Crippen LogP contribution is 2.28. The molecular weight excluding hydrogens is 306 g/mol. The lowest BCUT2D eigenvalue weighted by Crippen LogP contribution is -1.84. The molecule has 2 heteroatoms. The molecule has 0 amide bonds. The van der Waals surface area contributed by atoms with Gasteiger partial charge in [-0.25, -0.2) is 0 Å². The van der Waals surface area contributed by atoms with Gasteiger partial charge in [0, 0.05) is 11.1 Å². The number of rotatable bonds is 3. The fraction of sp³-hybridized carbons (Fsp3) is 0. The molecular formula is C23H15NO. The predicted octanol–water partition coefficient (Wildman–Crippen LogP) is 6.16. The molecule has 0 N–H and O–H groups in total. The van der Waals surface area contributed by atoms with Gasteiger partial charge in [0.15, 0.2) is 0 Å². The minimum absolute atomic E-state index is 0.589. The number of nitriles is 1. The van der Waals surface area contributed by atoms with E-state index in [9.17, 15) is 5.26 Å². The van der Waals surface area contributed by atoms with E-state index in [1.54, 1.807) is 6.08 Å². The molecule has 4 rings (SSSR count). The van der Waals surface area contributed by atoms with E-state index in [1.165, 1.54) is 0 Å². The van der Waals surface area contributed by atoms with Crippen LogP contribution in [0, 0.1) is 11.3 Å². The van der Waals surface area contributed by atoms with Crippen LogP contribution in [0.25, 0.3) is 33.7 Å². The number of furan rings is 1. The minimum Gasteiger partial charge on any atom is -0.457 e. The largest absolute Gasteiger partial charge is 0.457 e. The van der Waals surface area contributed by atoms with Crippen molar-refractivity contribution in [1.82, 2.24) is 0 Å². The Hall–Kier alpha value is -3.57. The van der Waals surface area contributed by atoms with Gasteiger partial charge in [-0.15, -0.1) is 0 Å². The minimum atomic E-state index is 0.589. The SMILES string of the molecule is N#C/C(=C\c1ccc(-c2ccccc2)o1)c1cccc2ccccc12. The summed E-state index contributed by atoms with van der Waals surface area (Å²) in [7, 11) is 0. The number of fused-ring (bicyclic) bond motifs is 1. The fourth-order valence-electron chi connectivity index (χ4n) is 2.96. The monoisotopic (exact) mass is 321 g/mol. The highest BCUT2D eigenvalue weighted by Gasteiger charge is 2.08. The van der Waals surface area contributed by atoms with Crippen LogP contribution in [0.1, 0.15) is 11.3 Å². The van der Waals surface area contributed by atoms with E-state index in [1.807, 2.05) is 84.9 Å². The number of nitrogens with zero attached hydrogens (tertiary/aromatic N) is 1. The predicted molar refractivity (Wildman–Crippen MR) is 102 cm³/mol. The van der Waals surface area contributed by atoms with E-state index < -0.39 is 0 Å². The summed E-state index contributed by atoms with van der Waals surface area (Å²) in [5.41, 5.74) is 2.52. The second-order valence-electron chi connectivity index (χ2n) is 5.76. The Labute approximate surface area is 146 Å². The van der Waals surface area contributed by atoms with Crippen molar-refractivity contribution >= 4 is 22.4 Å². The third-order valence-electron chi connectivity index (χ3n) is 4.17. The van der Waals surface area contributed by atoms with Crippen molar-refractivity contribution in [2.45, 2.75) is 0 Å². The summed E-state index contributed by atoms with van der Waals surface area (Å²) in [5.74, 6) is 1.46. The van der Waals surface area contributed by atoms with E-state index in [0.29, 0.717) is 11.3 Å². The fourth-order valence-corrected chi connectivity index (χ4v) is 2.96. The first-order chi connectivity index (χ1) is 12.3. The van der Waals surface area contributed by atoms with Gasteiger partial charge in [0.05, 0.1) is 11.6 Å². The van der Waals surface area contributed by atoms with Gasteiger partial charge in [0.2, 0.25) is 0 Å². The van der Waals surface area contributed by atoms with Crippen molar-refractivity contribution in [2.24, 2.45) is 0 Å². The Morgan fingerprint density at radius 2 is 1.56 bits per heavy atom. The Morgan fingerprint density at radius 1 is 0.800 bits per heavy atom. The summed E-state index contributed by atoms with van der Waals surface area (Å²) >= 11 is 0. The molecule has 0 atom stereocenters. The normalized spacial score (nSPS) is 11.4. The van der Waals surface area contributed by atoms with Gasteiger partial charge >= 0.3 is 0 Å². The smallest absolute Gasteiger partial charge is 0.134 e. The summed E-state index contributed by atoms with van der Waals surface area (Å²) in [6, 6.07) is 30.1. The van der Waals surface area contributed by atoms with Crippen LogP contribution in [-0.4, -0.2) is 0 Å². The lowest BCUT2D eigenvalue weighted by atomic mass is 9.98. The summed E-state index contributed by atoms with van der Waals surface area (Å²) in [6.45, 7) is 0. The van der Waals surface area contributed by atoms with Crippen LogP contribution >= 0.6 is 0 Å². The molecule has 1 heterocycles. The van der Waals surface area contributed by atoms with Crippen molar-refractivity contribution in [3.05, 3.63) is 96.3 Å². The first kappa shape index (κ1) is 15.0. The first-order valence-electron chi connectivity index (χ1n) is 8.10. The Kier molecular flexibility index (Phi) is 3.90. The second kappa shape index (κ2) is 6.51. The van der Waals surface area contributed by atoms with Crippen molar-refractivity contribution < 1.29 is 4.42 Å². The van der Waals surface area contributed by atoms with Crippen LogP contribution < -0.4 is 0 Å². The Bertz CT molecular complexity index is 1090. The van der Waals surface area contributed by atoms with E-state index in [2.05, 4.69) is 6.07 Å². The third kappa shape index (κ3) is 2.96. The Balaban J connectivity index is 1.77. The van der Waals surface area contributed by atoms with E-state index in [-0.39, 0.29) is 0 Å². The van der Waals surface area contributed by atoms with Crippen LogP contribution in [0.15, 0.2) is 89.3 Å². The molecule has 0 aliphatic carbocycles.